The maximum absolute atomic E-state index is 11.9. The first-order valence-electron chi connectivity index (χ1n) is 6.78. The Morgan fingerprint density at radius 1 is 1.05 bits per heavy atom. The molecule has 0 radical (unpaired) electrons. The third-order valence-electron chi connectivity index (χ3n) is 2.78. The van der Waals surface area contributed by atoms with E-state index in [4.69, 9.17) is 4.74 Å². The minimum absolute atomic E-state index is 0.202. The van der Waals surface area contributed by atoms with Crippen molar-refractivity contribution in [2.45, 2.75) is 19.4 Å². The predicted molar refractivity (Wildman–Crippen MR) is 81.6 cm³/mol. The van der Waals surface area contributed by atoms with E-state index in [2.05, 4.69) is 5.32 Å². The van der Waals surface area contributed by atoms with Crippen molar-refractivity contribution in [2.75, 3.05) is 6.54 Å². The van der Waals surface area contributed by atoms with Crippen molar-refractivity contribution in [1.29, 1.82) is 0 Å². The Kier molecular flexibility index (Phi) is 4.60. The number of nitrogens with one attached hydrogen (secondary N) is 1. The number of ether oxygens (including phenoxy) is 1. The number of rotatable bonds is 5. The molecule has 0 saturated carbocycles. The number of aliphatic hydroxyl groups is 1. The van der Waals surface area contributed by atoms with E-state index in [9.17, 15) is 9.90 Å². The quantitative estimate of drug-likeness (QED) is 0.888. The number of para-hydroxylation sites is 1. The highest BCUT2D eigenvalue weighted by atomic mass is 16.5. The average molecular weight is 285 g/mol. The fourth-order valence-corrected chi connectivity index (χ4v) is 1.70. The molecule has 2 N–H and O–H groups in total. The number of hydrogen-bond acceptors (Lipinski definition) is 3. The molecule has 4 nitrogen and oxygen atoms in total. The van der Waals surface area contributed by atoms with Crippen molar-refractivity contribution in [1.82, 2.24) is 5.32 Å². The minimum Gasteiger partial charge on any atom is -0.457 e. The smallest absolute Gasteiger partial charge is 0.251 e. The Morgan fingerprint density at radius 3 is 2.19 bits per heavy atom. The molecule has 0 spiro atoms. The standard InChI is InChI=1S/C17H19NO3/c1-17(2,20)12-18-16(19)13-8-10-15(11-9-13)21-14-6-4-3-5-7-14/h3-11,20H,12H2,1-2H3,(H,18,19). The normalized spacial score (nSPS) is 11.0. The van der Waals surface area contributed by atoms with Crippen molar-refractivity contribution >= 4 is 5.91 Å². The number of carbonyl (C=O) groups excluding carboxylic acids is 1. The fourth-order valence-electron chi connectivity index (χ4n) is 1.70. The fraction of sp³-hybridized carbons (Fsp3) is 0.235. The van der Waals surface area contributed by atoms with Gasteiger partial charge in [-0.15, -0.1) is 0 Å². The second-order valence-corrected chi connectivity index (χ2v) is 5.43. The van der Waals surface area contributed by atoms with E-state index >= 15 is 0 Å². The van der Waals surface area contributed by atoms with Crippen molar-refractivity contribution in [3.05, 3.63) is 60.2 Å². The molecule has 0 atom stereocenters. The van der Waals surface area contributed by atoms with E-state index in [1.807, 2.05) is 30.3 Å². The zero-order valence-corrected chi connectivity index (χ0v) is 12.2. The molecular formula is C17H19NO3. The molecule has 0 bridgehead atoms. The molecule has 0 aliphatic rings. The van der Waals surface area contributed by atoms with Gasteiger partial charge in [-0.05, 0) is 50.2 Å². The molecule has 0 aliphatic heterocycles. The third kappa shape index (κ3) is 4.93. The lowest BCUT2D eigenvalue weighted by Crippen LogP contribution is -2.38. The van der Waals surface area contributed by atoms with Crippen molar-refractivity contribution in [3.63, 3.8) is 0 Å². The van der Waals surface area contributed by atoms with Gasteiger partial charge in [-0.2, -0.15) is 0 Å². The molecule has 0 fully saturated rings. The topological polar surface area (TPSA) is 58.6 Å². The van der Waals surface area contributed by atoms with Crippen LogP contribution < -0.4 is 10.1 Å². The van der Waals surface area contributed by atoms with Crippen LogP contribution in [0.5, 0.6) is 11.5 Å². The van der Waals surface area contributed by atoms with Crippen LogP contribution in [0.25, 0.3) is 0 Å². The summed E-state index contributed by atoms with van der Waals surface area (Å²) >= 11 is 0. The second-order valence-electron chi connectivity index (χ2n) is 5.43. The van der Waals surface area contributed by atoms with Crippen molar-refractivity contribution < 1.29 is 14.6 Å². The first kappa shape index (κ1) is 15.1. The zero-order valence-electron chi connectivity index (χ0n) is 12.2. The Bertz CT molecular complexity index is 586. The SMILES string of the molecule is CC(C)(O)CNC(=O)c1ccc(Oc2ccccc2)cc1. The van der Waals surface area contributed by atoms with Gasteiger partial charge in [0.2, 0.25) is 0 Å². The molecule has 0 saturated heterocycles. The molecule has 110 valence electrons. The van der Waals surface area contributed by atoms with Crippen LogP contribution in [-0.2, 0) is 0 Å². The monoisotopic (exact) mass is 285 g/mol. The summed E-state index contributed by atoms with van der Waals surface area (Å²) in [6.45, 7) is 3.49. The summed E-state index contributed by atoms with van der Waals surface area (Å²) in [4.78, 5) is 11.9. The van der Waals surface area contributed by atoms with E-state index in [-0.39, 0.29) is 12.5 Å². The summed E-state index contributed by atoms with van der Waals surface area (Å²) in [5.74, 6) is 1.19. The van der Waals surface area contributed by atoms with Crippen LogP contribution in [0.1, 0.15) is 24.2 Å². The Balaban J connectivity index is 1.97. The Morgan fingerprint density at radius 2 is 1.62 bits per heavy atom. The summed E-state index contributed by atoms with van der Waals surface area (Å²) in [5.41, 5.74) is -0.397. The molecule has 1 amide bonds. The second kappa shape index (κ2) is 6.41. The Hall–Kier alpha value is -2.33. The molecule has 0 unspecified atom stereocenters. The van der Waals surface area contributed by atoms with Gasteiger partial charge in [0.25, 0.3) is 5.91 Å². The van der Waals surface area contributed by atoms with Crippen LogP contribution in [0.3, 0.4) is 0 Å². The molecule has 0 heterocycles. The number of hydrogen-bond donors (Lipinski definition) is 2. The van der Waals surface area contributed by atoms with Gasteiger partial charge in [0, 0.05) is 12.1 Å². The van der Waals surface area contributed by atoms with Gasteiger partial charge in [0.15, 0.2) is 0 Å². The van der Waals surface area contributed by atoms with Crippen LogP contribution in [0, 0.1) is 0 Å². The first-order chi connectivity index (χ1) is 9.94. The molecule has 21 heavy (non-hydrogen) atoms. The van der Waals surface area contributed by atoms with E-state index in [1.54, 1.807) is 38.1 Å². The lowest BCUT2D eigenvalue weighted by Gasteiger charge is -2.17. The summed E-state index contributed by atoms with van der Waals surface area (Å²) in [6.07, 6.45) is 0. The third-order valence-corrected chi connectivity index (χ3v) is 2.78. The van der Waals surface area contributed by atoms with E-state index in [0.29, 0.717) is 11.3 Å². The molecule has 4 heteroatoms. The highest BCUT2D eigenvalue weighted by molar-refractivity contribution is 5.94. The minimum atomic E-state index is -0.925. The van der Waals surface area contributed by atoms with E-state index in [0.717, 1.165) is 5.75 Å². The Labute approximate surface area is 124 Å². The van der Waals surface area contributed by atoms with Gasteiger partial charge in [-0.25, -0.2) is 0 Å². The number of amides is 1. The van der Waals surface area contributed by atoms with Crippen molar-refractivity contribution in [3.8, 4) is 11.5 Å². The highest BCUT2D eigenvalue weighted by Crippen LogP contribution is 2.21. The molecule has 2 rings (SSSR count). The molecular weight excluding hydrogens is 266 g/mol. The van der Waals surface area contributed by atoms with E-state index in [1.165, 1.54) is 0 Å². The largest absolute Gasteiger partial charge is 0.457 e. The van der Waals surface area contributed by atoms with Gasteiger partial charge in [-0.1, -0.05) is 18.2 Å². The summed E-state index contributed by atoms with van der Waals surface area (Å²) in [6, 6.07) is 16.3. The van der Waals surface area contributed by atoms with E-state index < -0.39 is 5.60 Å². The molecule has 0 aromatic heterocycles. The predicted octanol–water partition coefficient (Wildman–Crippen LogP) is 2.98. The van der Waals surface area contributed by atoms with Crippen LogP contribution in [0.4, 0.5) is 0 Å². The van der Waals surface area contributed by atoms with Crippen LogP contribution in [0.15, 0.2) is 54.6 Å². The molecule has 2 aromatic rings. The highest BCUT2D eigenvalue weighted by Gasteiger charge is 2.14. The average Bonchev–Trinajstić information content (AvgIpc) is 2.46. The lowest BCUT2D eigenvalue weighted by atomic mass is 10.1. The molecule has 2 aromatic carbocycles. The molecule has 0 aliphatic carbocycles. The lowest BCUT2D eigenvalue weighted by molar-refractivity contribution is 0.0694. The van der Waals surface area contributed by atoms with Gasteiger partial charge >= 0.3 is 0 Å². The van der Waals surface area contributed by atoms with Crippen LogP contribution in [0.2, 0.25) is 0 Å². The number of carbonyl (C=O) groups is 1. The van der Waals surface area contributed by atoms with Gasteiger partial charge in [0.1, 0.15) is 11.5 Å². The number of benzene rings is 2. The van der Waals surface area contributed by atoms with Crippen LogP contribution >= 0.6 is 0 Å². The maximum Gasteiger partial charge on any atom is 0.251 e. The maximum atomic E-state index is 11.9. The zero-order chi connectivity index (χ0) is 15.3. The summed E-state index contributed by atoms with van der Waals surface area (Å²) in [5, 5.41) is 12.3. The van der Waals surface area contributed by atoms with Crippen molar-refractivity contribution in [2.24, 2.45) is 0 Å². The van der Waals surface area contributed by atoms with Gasteiger partial charge in [-0.3, -0.25) is 4.79 Å². The van der Waals surface area contributed by atoms with Gasteiger partial charge in [0.05, 0.1) is 5.60 Å². The summed E-state index contributed by atoms with van der Waals surface area (Å²) < 4.78 is 5.66. The summed E-state index contributed by atoms with van der Waals surface area (Å²) in [7, 11) is 0. The van der Waals surface area contributed by atoms with Gasteiger partial charge < -0.3 is 15.2 Å². The first-order valence-corrected chi connectivity index (χ1v) is 6.78. The van der Waals surface area contributed by atoms with Crippen LogP contribution in [-0.4, -0.2) is 23.2 Å².